The van der Waals surface area contributed by atoms with Crippen LogP contribution in [0.3, 0.4) is 0 Å². The highest BCUT2D eigenvalue weighted by atomic mass is 16.3. The van der Waals surface area contributed by atoms with Crippen LogP contribution in [0.5, 0.6) is 17.2 Å². The second kappa shape index (κ2) is 11.4. The van der Waals surface area contributed by atoms with Gasteiger partial charge in [-0.15, -0.1) is 0 Å². The summed E-state index contributed by atoms with van der Waals surface area (Å²) in [6.45, 7) is 5.64. The molecule has 4 aromatic carbocycles. The fraction of sp³-hybridized carbons (Fsp3) is 0.118. The van der Waals surface area contributed by atoms with Gasteiger partial charge in [0.1, 0.15) is 5.75 Å². The van der Waals surface area contributed by atoms with E-state index in [0.717, 1.165) is 63.5 Å². The molecule has 0 aliphatic heterocycles. The van der Waals surface area contributed by atoms with Crippen molar-refractivity contribution in [1.29, 1.82) is 0 Å². The van der Waals surface area contributed by atoms with Crippen molar-refractivity contribution in [2.75, 3.05) is 7.11 Å². The Kier molecular flexibility index (Phi) is 8.03. The molecule has 0 heterocycles. The Labute approximate surface area is 233 Å². The van der Waals surface area contributed by atoms with E-state index in [1.165, 1.54) is 12.1 Å². The van der Waals surface area contributed by atoms with E-state index in [1.807, 2.05) is 62.4 Å². The van der Waals surface area contributed by atoms with Gasteiger partial charge in [0.2, 0.25) is 0 Å². The third-order valence-electron chi connectivity index (χ3n) is 6.91. The summed E-state index contributed by atoms with van der Waals surface area (Å²) >= 11 is 0. The summed E-state index contributed by atoms with van der Waals surface area (Å²) in [5, 5.41) is 58.2. The van der Waals surface area contributed by atoms with E-state index < -0.39 is 0 Å². The number of allylic oxidation sites excluding steroid dienone is 5. The highest BCUT2D eigenvalue weighted by Gasteiger charge is 2.40. The van der Waals surface area contributed by atoms with Crippen LogP contribution in [0.15, 0.2) is 90.9 Å². The molecule has 204 valence electrons. The molecule has 6 heteroatoms. The van der Waals surface area contributed by atoms with Gasteiger partial charge in [-0.2, -0.15) is 0 Å². The number of phenols is 3. The lowest BCUT2D eigenvalue weighted by Crippen LogP contribution is -1.98. The first-order chi connectivity index (χ1) is 19.4. The summed E-state index contributed by atoms with van der Waals surface area (Å²) < 4.78 is 0. The van der Waals surface area contributed by atoms with E-state index in [1.54, 1.807) is 25.1 Å². The van der Waals surface area contributed by atoms with Crippen molar-refractivity contribution in [3.63, 3.8) is 0 Å². The van der Waals surface area contributed by atoms with Crippen molar-refractivity contribution in [2.24, 2.45) is 0 Å². The zero-order valence-corrected chi connectivity index (χ0v) is 22.8. The minimum Gasteiger partial charge on any atom is -0.515 e. The molecule has 6 rings (SSSR count). The van der Waals surface area contributed by atoms with Crippen molar-refractivity contribution in [2.45, 2.75) is 20.8 Å². The molecule has 4 aromatic rings. The van der Waals surface area contributed by atoms with Gasteiger partial charge in [0.15, 0.2) is 11.5 Å². The third kappa shape index (κ3) is 4.38. The molecule has 0 spiro atoms. The van der Waals surface area contributed by atoms with Crippen LogP contribution in [0.4, 0.5) is 0 Å². The first kappa shape index (κ1) is 28.1. The molecule has 0 atom stereocenters. The predicted molar refractivity (Wildman–Crippen MR) is 161 cm³/mol. The molecule has 0 saturated carbocycles. The first-order valence-electron chi connectivity index (χ1n) is 12.9. The number of rotatable bonds is 2. The number of aliphatic hydroxyl groups is 3. The van der Waals surface area contributed by atoms with Gasteiger partial charge in [-0.1, -0.05) is 68.4 Å². The van der Waals surface area contributed by atoms with Crippen molar-refractivity contribution in [1.82, 2.24) is 0 Å². The van der Waals surface area contributed by atoms with E-state index in [2.05, 4.69) is 0 Å². The van der Waals surface area contributed by atoms with Gasteiger partial charge in [0.05, 0.1) is 12.0 Å². The number of hydrogen-bond acceptors (Lipinski definition) is 6. The Balaban J connectivity index is 0.000000886. The quantitative estimate of drug-likeness (QED) is 0.114. The molecular formula is C34H32O6. The summed E-state index contributed by atoms with van der Waals surface area (Å²) in [7, 11) is 1.00. The monoisotopic (exact) mass is 536 g/mol. The Morgan fingerprint density at radius 2 is 1.15 bits per heavy atom. The second-order valence-corrected chi connectivity index (χ2v) is 8.96. The van der Waals surface area contributed by atoms with Crippen LogP contribution in [0.1, 0.15) is 43.0 Å². The molecule has 6 nitrogen and oxygen atoms in total. The van der Waals surface area contributed by atoms with Crippen molar-refractivity contribution >= 4 is 22.3 Å². The molecule has 0 unspecified atom stereocenters. The van der Waals surface area contributed by atoms with E-state index in [9.17, 15) is 25.5 Å². The molecule has 40 heavy (non-hydrogen) atoms. The van der Waals surface area contributed by atoms with Crippen molar-refractivity contribution in [3.8, 4) is 39.5 Å². The predicted octanol–water partition coefficient (Wildman–Crippen LogP) is 7.90. The van der Waals surface area contributed by atoms with Crippen LogP contribution in [-0.4, -0.2) is 37.7 Å². The summed E-state index contributed by atoms with van der Waals surface area (Å²) in [5.41, 5.74) is 9.61. The number of fused-ring (bicyclic) bond motifs is 4. The third-order valence-corrected chi connectivity index (χ3v) is 6.91. The molecule has 0 fully saturated rings. The number of phenolic OH excluding ortho intramolecular Hbond substituents is 3. The van der Waals surface area contributed by atoms with Gasteiger partial charge in [0.25, 0.3) is 0 Å². The maximum absolute atomic E-state index is 11.0. The van der Waals surface area contributed by atoms with Crippen molar-refractivity contribution in [3.05, 3.63) is 113 Å². The topological polar surface area (TPSA) is 121 Å². The molecule has 0 bridgehead atoms. The van der Waals surface area contributed by atoms with Gasteiger partial charge in [-0.05, 0) is 64.6 Å². The zero-order valence-electron chi connectivity index (χ0n) is 22.8. The fourth-order valence-corrected chi connectivity index (χ4v) is 5.44. The van der Waals surface area contributed by atoms with Crippen LogP contribution in [0.2, 0.25) is 0 Å². The van der Waals surface area contributed by atoms with Crippen LogP contribution in [0, 0.1) is 0 Å². The van der Waals surface area contributed by atoms with Gasteiger partial charge in [0, 0.05) is 40.5 Å². The largest absolute Gasteiger partial charge is 0.515 e. The molecule has 2 aliphatic rings. The zero-order chi connectivity index (χ0) is 29.1. The van der Waals surface area contributed by atoms with Gasteiger partial charge >= 0.3 is 0 Å². The molecule has 0 amide bonds. The maximum Gasteiger partial charge on any atom is 0.158 e. The van der Waals surface area contributed by atoms with E-state index >= 15 is 0 Å². The smallest absolute Gasteiger partial charge is 0.158 e. The molecule has 0 aromatic heterocycles. The average molecular weight is 537 g/mol. The van der Waals surface area contributed by atoms with Gasteiger partial charge in [-0.3, -0.25) is 0 Å². The van der Waals surface area contributed by atoms with Gasteiger partial charge in [-0.25, -0.2) is 0 Å². The van der Waals surface area contributed by atoms with Crippen LogP contribution in [-0.2, 0) is 0 Å². The molecule has 0 saturated heterocycles. The number of aromatic hydroxyl groups is 3. The lowest BCUT2D eigenvalue weighted by molar-refractivity contribution is 0.399. The molecule has 0 radical (unpaired) electrons. The lowest BCUT2D eigenvalue weighted by atomic mass is 9.85. The van der Waals surface area contributed by atoms with E-state index in [0.29, 0.717) is 16.7 Å². The van der Waals surface area contributed by atoms with E-state index in [4.69, 9.17) is 5.11 Å². The summed E-state index contributed by atoms with van der Waals surface area (Å²) in [4.78, 5) is 0. The SMILES string of the molecule is C/C(O)=C1/C2=C(\C(=C\O)c3c2cccc3-c2ccc(O)cc2)c2cccc(-c3ccc(O)c(O)c3)c21.CC.CO. The van der Waals surface area contributed by atoms with Crippen LogP contribution >= 0.6 is 0 Å². The molecular weight excluding hydrogens is 504 g/mol. The normalized spacial score (nSPS) is 14.9. The first-order valence-corrected chi connectivity index (χ1v) is 12.9. The number of hydrogen-bond donors (Lipinski definition) is 6. The Hall–Kier alpha value is -4.94. The molecule has 2 aliphatic carbocycles. The summed E-state index contributed by atoms with van der Waals surface area (Å²) in [6.07, 6.45) is 1.11. The van der Waals surface area contributed by atoms with Crippen LogP contribution in [0.25, 0.3) is 44.5 Å². The number of benzene rings is 4. The minimum absolute atomic E-state index is 0.136. The van der Waals surface area contributed by atoms with Gasteiger partial charge < -0.3 is 30.6 Å². The minimum atomic E-state index is -0.227. The standard InChI is InChI=1S/C31H22O5.C2H6.CH4O/c1-16(33)27-29-21(18-10-13-25(35)26(36)14-18)5-3-7-23(29)30-24(15-32)28-20(4-2-6-22(28)31(27)30)17-8-11-19(34)12-9-17;2*1-2/h2-15,32-36H,1H3;1-2H3;2H,1H3/b24-15+,27-16-;;. The molecule has 6 N–H and O–H groups in total. The Morgan fingerprint density at radius 1 is 0.625 bits per heavy atom. The lowest BCUT2D eigenvalue weighted by Gasteiger charge is -2.18. The highest BCUT2D eigenvalue weighted by Crippen LogP contribution is 2.61. The van der Waals surface area contributed by atoms with Crippen molar-refractivity contribution < 1.29 is 30.6 Å². The summed E-state index contributed by atoms with van der Waals surface area (Å²) in [6, 6.07) is 23.2. The Morgan fingerprint density at radius 3 is 1.70 bits per heavy atom. The highest BCUT2D eigenvalue weighted by molar-refractivity contribution is 6.38. The maximum atomic E-state index is 11.0. The number of aliphatic hydroxyl groups excluding tert-OH is 3. The fourth-order valence-electron chi connectivity index (χ4n) is 5.44. The second-order valence-electron chi connectivity index (χ2n) is 8.96. The summed E-state index contributed by atoms with van der Waals surface area (Å²) in [5.74, 6) is -0.124. The average Bonchev–Trinajstić information content (AvgIpc) is 3.50. The van der Waals surface area contributed by atoms with E-state index in [-0.39, 0.29) is 23.0 Å². The van der Waals surface area contributed by atoms with Crippen LogP contribution < -0.4 is 0 Å². The Bertz CT molecular complexity index is 1670.